The molecule has 0 aliphatic heterocycles. The Morgan fingerprint density at radius 3 is 2.39 bits per heavy atom. The summed E-state index contributed by atoms with van der Waals surface area (Å²) in [5.41, 5.74) is 1.27. The van der Waals surface area contributed by atoms with Gasteiger partial charge < -0.3 is 0 Å². The van der Waals surface area contributed by atoms with E-state index in [1.165, 1.54) is 18.2 Å². The lowest BCUT2D eigenvalue weighted by Gasteiger charge is -1.99. The SMILES string of the molecule is Fc1ccc(N=Cc2ccc(Cl)cc2Cl)cc1Cl. The lowest BCUT2D eigenvalue weighted by molar-refractivity contribution is 0.628. The van der Waals surface area contributed by atoms with Crippen molar-refractivity contribution in [1.82, 2.24) is 0 Å². The van der Waals surface area contributed by atoms with Crippen LogP contribution in [0.25, 0.3) is 0 Å². The molecule has 92 valence electrons. The van der Waals surface area contributed by atoms with Crippen molar-refractivity contribution in [1.29, 1.82) is 0 Å². The number of nitrogens with zero attached hydrogens (tertiary/aromatic N) is 1. The van der Waals surface area contributed by atoms with Gasteiger partial charge in [0.1, 0.15) is 5.82 Å². The maximum Gasteiger partial charge on any atom is 0.141 e. The number of benzene rings is 2. The second kappa shape index (κ2) is 5.70. The zero-order valence-corrected chi connectivity index (χ0v) is 11.3. The van der Waals surface area contributed by atoms with E-state index < -0.39 is 5.82 Å². The zero-order valence-electron chi connectivity index (χ0n) is 9.00. The van der Waals surface area contributed by atoms with Crippen LogP contribution in [0.5, 0.6) is 0 Å². The molecule has 0 bridgehead atoms. The lowest BCUT2D eigenvalue weighted by atomic mass is 10.2. The van der Waals surface area contributed by atoms with Crippen molar-refractivity contribution in [2.45, 2.75) is 0 Å². The molecule has 1 nitrogen and oxygen atoms in total. The summed E-state index contributed by atoms with van der Waals surface area (Å²) in [6, 6.07) is 9.32. The Bertz CT molecular complexity index is 611. The maximum absolute atomic E-state index is 13.0. The van der Waals surface area contributed by atoms with Gasteiger partial charge in [-0.1, -0.05) is 40.9 Å². The fourth-order valence-electron chi connectivity index (χ4n) is 1.32. The first-order chi connectivity index (χ1) is 8.56. The lowest BCUT2D eigenvalue weighted by Crippen LogP contribution is -1.82. The van der Waals surface area contributed by atoms with Crippen molar-refractivity contribution in [2.24, 2.45) is 4.99 Å². The predicted molar refractivity (Wildman–Crippen MR) is 75.1 cm³/mol. The molecule has 2 aromatic carbocycles. The first kappa shape index (κ1) is 13.3. The predicted octanol–water partition coefficient (Wildman–Crippen LogP) is 5.54. The van der Waals surface area contributed by atoms with Crippen LogP contribution in [0, 0.1) is 5.82 Å². The van der Waals surface area contributed by atoms with E-state index in [4.69, 9.17) is 34.8 Å². The summed E-state index contributed by atoms with van der Waals surface area (Å²) in [6.07, 6.45) is 1.57. The maximum atomic E-state index is 13.0. The van der Waals surface area contributed by atoms with Crippen LogP contribution in [0.2, 0.25) is 15.1 Å². The van der Waals surface area contributed by atoms with E-state index in [2.05, 4.69) is 4.99 Å². The summed E-state index contributed by atoms with van der Waals surface area (Å²) in [6.45, 7) is 0. The molecule has 0 saturated carbocycles. The highest BCUT2D eigenvalue weighted by Gasteiger charge is 2.01. The summed E-state index contributed by atoms with van der Waals surface area (Å²) in [5.74, 6) is -0.472. The Kier molecular flexibility index (Phi) is 4.23. The molecule has 0 amide bonds. The largest absolute Gasteiger partial charge is 0.256 e. The molecule has 5 heteroatoms. The Labute approximate surface area is 119 Å². The van der Waals surface area contributed by atoms with Crippen LogP contribution in [-0.2, 0) is 0 Å². The molecule has 0 aliphatic carbocycles. The van der Waals surface area contributed by atoms with Gasteiger partial charge in [0.2, 0.25) is 0 Å². The van der Waals surface area contributed by atoms with Crippen LogP contribution >= 0.6 is 34.8 Å². The van der Waals surface area contributed by atoms with Crippen molar-refractivity contribution >= 4 is 46.7 Å². The quantitative estimate of drug-likeness (QED) is 0.646. The molecule has 0 N–H and O–H groups in total. The Balaban J connectivity index is 2.27. The monoisotopic (exact) mass is 301 g/mol. The van der Waals surface area contributed by atoms with Gasteiger partial charge in [0.25, 0.3) is 0 Å². The number of halogens is 4. The van der Waals surface area contributed by atoms with E-state index in [-0.39, 0.29) is 5.02 Å². The van der Waals surface area contributed by atoms with E-state index >= 15 is 0 Å². The van der Waals surface area contributed by atoms with Crippen LogP contribution in [0.3, 0.4) is 0 Å². The topological polar surface area (TPSA) is 12.4 Å². The van der Waals surface area contributed by atoms with Gasteiger partial charge in [-0.3, -0.25) is 4.99 Å². The first-order valence-electron chi connectivity index (χ1n) is 5.00. The van der Waals surface area contributed by atoms with Crippen molar-refractivity contribution in [3.05, 3.63) is 62.8 Å². The normalized spacial score (nSPS) is 11.1. The number of hydrogen-bond donors (Lipinski definition) is 0. The van der Waals surface area contributed by atoms with Crippen LogP contribution in [0.15, 0.2) is 41.4 Å². The van der Waals surface area contributed by atoms with Crippen molar-refractivity contribution < 1.29 is 4.39 Å². The minimum Gasteiger partial charge on any atom is -0.256 e. The van der Waals surface area contributed by atoms with Crippen LogP contribution < -0.4 is 0 Å². The minimum atomic E-state index is -0.472. The zero-order chi connectivity index (χ0) is 13.1. The number of rotatable bonds is 2. The van der Waals surface area contributed by atoms with Gasteiger partial charge in [0, 0.05) is 16.8 Å². The highest BCUT2D eigenvalue weighted by Crippen LogP contribution is 2.23. The van der Waals surface area contributed by atoms with Gasteiger partial charge in [-0.05, 0) is 30.3 Å². The van der Waals surface area contributed by atoms with Crippen molar-refractivity contribution in [3.8, 4) is 0 Å². The standard InChI is InChI=1S/C13H7Cl3FN/c14-9-2-1-8(11(15)5-9)7-18-10-3-4-13(17)12(16)6-10/h1-7H. The average molecular weight is 303 g/mol. The van der Waals surface area contributed by atoms with Crippen LogP contribution in [-0.4, -0.2) is 6.21 Å². The van der Waals surface area contributed by atoms with Crippen molar-refractivity contribution in [3.63, 3.8) is 0 Å². The summed E-state index contributed by atoms with van der Waals surface area (Å²) in [4.78, 5) is 4.17. The third-order valence-corrected chi connectivity index (χ3v) is 3.07. The number of aliphatic imine (C=N–C) groups is 1. The van der Waals surface area contributed by atoms with E-state index in [1.54, 1.807) is 24.4 Å². The molecule has 2 aromatic rings. The fourth-order valence-corrected chi connectivity index (χ4v) is 1.95. The summed E-state index contributed by atoms with van der Waals surface area (Å²) in [5, 5.41) is 1.09. The molecule has 2 rings (SSSR count). The molecular weight excluding hydrogens is 296 g/mol. The summed E-state index contributed by atoms with van der Waals surface area (Å²) < 4.78 is 13.0. The van der Waals surface area contributed by atoms with E-state index in [0.29, 0.717) is 15.7 Å². The summed E-state index contributed by atoms with van der Waals surface area (Å²) >= 11 is 17.4. The van der Waals surface area contributed by atoms with Gasteiger partial charge in [0.15, 0.2) is 0 Å². The molecule has 0 fully saturated rings. The third-order valence-electron chi connectivity index (χ3n) is 2.22. The highest BCUT2D eigenvalue weighted by atomic mass is 35.5. The molecule has 0 aromatic heterocycles. The molecule has 18 heavy (non-hydrogen) atoms. The number of hydrogen-bond acceptors (Lipinski definition) is 1. The Hall–Kier alpha value is -1.09. The second-order valence-corrected chi connectivity index (χ2v) is 4.77. The van der Waals surface area contributed by atoms with Gasteiger partial charge >= 0.3 is 0 Å². The molecule has 0 radical (unpaired) electrons. The molecular formula is C13H7Cl3FN. The van der Waals surface area contributed by atoms with E-state index in [1.807, 2.05) is 0 Å². The molecule has 0 heterocycles. The fraction of sp³-hybridized carbons (Fsp3) is 0. The Morgan fingerprint density at radius 1 is 0.944 bits per heavy atom. The van der Waals surface area contributed by atoms with E-state index in [0.717, 1.165) is 5.56 Å². The summed E-state index contributed by atoms with van der Waals surface area (Å²) in [7, 11) is 0. The smallest absolute Gasteiger partial charge is 0.141 e. The minimum absolute atomic E-state index is 0.0341. The molecule has 0 spiro atoms. The molecule has 0 aliphatic rings. The van der Waals surface area contributed by atoms with Gasteiger partial charge in [0.05, 0.1) is 15.7 Å². The van der Waals surface area contributed by atoms with Crippen LogP contribution in [0.4, 0.5) is 10.1 Å². The van der Waals surface area contributed by atoms with Gasteiger partial charge in [-0.15, -0.1) is 0 Å². The van der Waals surface area contributed by atoms with Crippen LogP contribution in [0.1, 0.15) is 5.56 Å². The molecule has 0 atom stereocenters. The highest BCUT2D eigenvalue weighted by molar-refractivity contribution is 6.36. The second-order valence-electron chi connectivity index (χ2n) is 3.52. The first-order valence-corrected chi connectivity index (χ1v) is 6.14. The third kappa shape index (κ3) is 3.22. The average Bonchev–Trinajstić information content (AvgIpc) is 2.32. The molecule has 0 saturated heterocycles. The Morgan fingerprint density at radius 2 is 1.72 bits per heavy atom. The van der Waals surface area contributed by atoms with Gasteiger partial charge in [-0.25, -0.2) is 4.39 Å². The molecule has 0 unspecified atom stereocenters. The van der Waals surface area contributed by atoms with E-state index in [9.17, 15) is 4.39 Å². The van der Waals surface area contributed by atoms with Gasteiger partial charge in [-0.2, -0.15) is 0 Å². The van der Waals surface area contributed by atoms with Crippen molar-refractivity contribution in [2.75, 3.05) is 0 Å².